The Balaban J connectivity index is 1.27. The second-order valence-corrected chi connectivity index (χ2v) is 9.07. The van der Waals surface area contributed by atoms with E-state index in [0.29, 0.717) is 0 Å². The third-order valence-electron chi connectivity index (χ3n) is 6.45. The van der Waals surface area contributed by atoms with Gasteiger partial charge in [0.2, 0.25) is 0 Å². The first-order valence-electron chi connectivity index (χ1n) is 12.2. The average molecular weight is 458 g/mol. The molecule has 5 heteroatoms. The van der Waals surface area contributed by atoms with Crippen molar-refractivity contribution in [2.75, 3.05) is 32.0 Å². The highest BCUT2D eigenvalue weighted by Gasteiger charge is 2.23. The minimum Gasteiger partial charge on any atom is -0.446 e. The minimum atomic E-state index is -0.380. The van der Waals surface area contributed by atoms with E-state index < -0.39 is 0 Å². The summed E-state index contributed by atoms with van der Waals surface area (Å²) in [7, 11) is 2.15. The molecule has 0 atom stereocenters. The fourth-order valence-corrected chi connectivity index (χ4v) is 4.45. The number of amides is 1. The third-order valence-corrected chi connectivity index (χ3v) is 6.45. The Bertz CT molecular complexity index is 1060. The molecule has 1 aliphatic heterocycles. The average Bonchev–Trinajstić information content (AvgIpc) is 2.86. The molecule has 1 aliphatic rings. The van der Waals surface area contributed by atoms with E-state index in [2.05, 4.69) is 53.4 Å². The lowest BCUT2D eigenvalue weighted by Gasteiger charge is -2.31. The Morgan fingerprint density at radius 1 is 0.971 bits per heavy atom. The lowest BCUT2D eigenvalue weighted by molar-refractivity contribution is 0.0567. The third kappa shape index (κ3) is 6.69. The molecule has 0 unspecified atom stereocenters. The predicted octanol–water partition coefficient (Wildman–Crippen LogP) is 6.02. The van der Waals surface area contributed by atoms with Crippen LogP contribution in [0, 0.1) is 0 Å². The van der Waals surface area contributed by atoms with Gasteiger partial charge in [0, 0.05) is 31.7 Å². The van der Waals surface area contributed by atoms with E-state index in [1.54, 1.807) is 0 Å². The SMILES string of the molecule is CCN(C)Cc1cccc(CN2CCC(OC(=O)Nc3ccccc3-c3ccccc3)CC2)c1. The van der Waals surface area contributed by atoms with Crippen LogP contribution in [-0.4, -0.2) is 48.7 Å². The van der Waals surface area contributed by atoms with Crippen molar-refractivity contribution in [2.24, 2.45) is 0 Å². The van der Waals surface area contributed by atoms with Crippen molar-refractivity contribution in [2.45, 2.75) is 39.0 Å². The number of nitrogens with one attached hydrogen (secondary N) is 1. The zero-order valence-electron chi connectivity index (χ0n) is 20.2. The number of ether oxygens (including phenoxy) is 1. The molecule has 3 aromatic rings. The summed E-state index contributed by atoms with van der Waals surface area (Å²) in [5, 5.41) is 2.96. The van der Waals surface area contributed by atoms with Crippen molar-refractivity contribution >= 4 is 11.8 Å². The molecule has 34 heavy (non-hydrogen) atoms. The van der Waals surface area contributed by atoms with E-state index in [9.17, 15) is 4.79 Å². The van der Waals surface area contributed by atoms with Gasteiger partial charge in [0.15, 0.2) is 0 Å². The largest absolute Gasteiger partial charge is 0.446 e. The molecule has 3 aromatic carbocycles. The summed E-state index contributed by atoms with van der Waals surface area (Å²) in [5.74, 6) is 0. The fourth-order valence-electron chi connectivity index (χ4n) is 4.45. The summed E-state index contributed by atoms with van der Waals surface area (Å²) >= 11 is 0. The molecule has 178 valence electrons. The summed E-state index contributed by atoms with van der Waals surface area (Å²) in [6.45, 7) is 6.99. The zero-order valence-corrected chi connectivity index (χ0v) is 20.2. The molecule has 0 radical (unpaired) electrons. The van der Waals surface area contributed by atoms with Crippen LogP contribution in [0.25, 0.3) is 11.1 Å². The Kier molecular flexibility index (Phi) is 8.34. The number of carbonyl (C=O) groups excluding carboxylic acids is 1. The van der Waals surface area contributed by atoms with Crippen LogP contribution in [0.2, 0.25) is 0 Å². The van der Waals surface area contributed by atoms with Gasteiger partial charge in [-0.05, 0) is 49.2 Å². The second kappa shape index (κ2) is 11.8. The molecule has 0 bridgehead atoms. The first kappa shape index (κ1) is 24.0. The van der Waals surface area contributed by atoms with Crippen molar-refractivity contribution in [1.82, 2.24) is 9.80 Å². The van der Waals surface area contributed by atoms with Gasteiger partial charge < -0.3 is 9.64 Å². The number of carbonyl (C=O) groups is 1. The van der Waals surface area contributed by atoms with Crippen LogP contribution in [0.5, 0.6) is 0 Å². The molecule has 1 saturated heterocycles. The first-order chi connectivity index (χ1) is 16.6. The normalized spacial score (nSPS) is 14.8. The quantitative estimate of drug-likeness (QED) is 0.449. The topological polar surface area (TPSA) is 44.8 Å². The summed E-state index contributed by atoms with van der Waals surface area (Å²) < 4.78 is 5.78. The lowest BCUT2D eigenvalue weighted by Crippen LogP contribution is -2.38. The molecule has 0 aliphatic carbocycles. The number of nitrogens with zero attached hydrogens (tertiary/aromatic N) is 2. The number of hydrogen-bond donors (Lipinski definition) is 1. The molecule has 0 aromatic heterocycles. The zero-order chi connectivity index (χ0) is 23.8. The standard InChI is InChI=1S/C29H35N3O2/c1-3-31(2)21-23-10-9-11-24(20-23)22-32-18-16-26(17-19-32)34-29(33)30-28-15-8-7-14-27(28)25-12-5-4-6-13-25/h4-15,20,26H,3,16-19,21-22H2,1-2H3,(H,30,33). The van der Waals surface area contributed by atoms with Gasteiger partial charge in [-0.25, -0.2) is 4.79 Å². The van der Waals surface area contributed by atoms with Crippen LogP contribution in [0.1, 0.15) is 30.9 Å². The molecule has 1 heterocycles. The molecule has 1 N–H and O–H groups in total. The molecule has 0 saturated carbocycles. The van der Waals surface area contributed by atoms with E-state index >= 15 is 0 Å². The van der Waals surface area contributed by atoms with E-state index in [1.165, 1.54) is 11.1 Å². The first-order valence-corrected chi connectivity index (χ1v) is 12.2. The van der Waals surface area contributed by atoms with Gasteiger partial charge in [-0.1, -0.05) is 79.7 Å². The van der Waals surface area contributed by atoms with Crippen molar-refractivity contribution in [1.29, 1.82) is 0 Å². The van der Waals surface area contributed by atoms with Crippen LogP contribution in [0.4, 0.5) is 10.5 Å². The van der Waals surface area contributed by atoms with Crippen LogP contribution < -0.4 is 5.32 Å². The van der Waals surface area contributed by atoms with Gasteiger partial charge in [-0.3, -0.25) is 10.2 Å². The maximum absolute atomic E-state index is 12.6. The predicted molar refractivity (Wildman–Crippen MR) is 139 cm³/mol. The highest BCUT2D eigenvalue weighted by atomic mass is 16.6. The van der Waals surface area contributed by atoms with Gasteiger partial charge in [0.1, 0.15) is 6.10 Å². The number of hydrogen-bond acceptors (Lipinski definition) is 4. The Hall–Kier alpha value is -3.15. The summed E-state index contributed by atoms with van der Waals surface area (Å²) in [6.07, 6.45) is 1.28. The number of para-hydroxylation sites is 1. The molecular formula is C29H35N3O2. The molecule has 4 rings (SSSR count). The van der Waals surface area contributed by atoms with Crippen LogP contribution in [0.15, 0.2) is 78.9 Å². The smallest absolute Gasteiger partial charge is 0.411 e. The Labute approximate surface area is 203 Å². The number of rotatable bonds is 8. The van der Waals surface area contributed by atoms with Crippen molar-refractivity contribution in [3.05, 3.63) is 90.0 Å². The van der Waals surface area contributed by atoms with Crippen molar-refractivity contribution < 1.29 is 9.53 Å². The van der Waals surface area contributed by atoms with Gasteiger partial charge >= 0.3 is 6.09 Å². The molecule has 1 amide bonds. The number of benzene rings is 3. The van der Waals surface area contributed by atoms with E-state index in [-0.39, 0.29) is 12.2 Å². The maximum Gasteiger partial charge on any atom is 0.411 e. The molecule has 5 nitrogen and oxygen atoms in total. The van der Waals surface area contributed by atoms with Crippen molar-refractivity contribution in [3.8, 4) is 11.1 Å². The van der Waals surface area contributed by atoms with Crippen LogP contribution in [0.3, 0.4) is 0 Å². The maximum atomic E-state index is 12.6. The number of piperidine rings is 1. The molecule has 0 spiro atoms. The number of anilines is 1. The van der Waals surface area contributed by atoms with Crippen LogP contribution >= 0.6 is 0 Å². The minimum absolute atomic E-state index is 0.0512. The summed E-state index contributed by atoms with van der Waals surface area (Å²) in [6, 6.07) is 26.8. The van der Waals surface area contributed by atoms with Gasteiger partial charge in [0.25, 0.3) is 0 Å². The summed E-state index contributed by atoms with van der Waals surface area (Å²) in [4.78, 5) is 17.4. The lowest BCUT2D eigenvalue weighted by atomic mass is 10.0. The summed E-state index contributed by atoms with van der Waals surface area (Å²) in [5.41, 5.74) is 5.52. The van der Waals surface area contributed by atoms with E-state index in [4.69, 9.17) is 4.74 Å². The van der Waals surface area contributed by atoms with E-state index in [1.807, 2.05) is 54.6 Å². The van der Waals surface area contributed by atoms with Crippen LogP contribution in [-0.2, 0) is 17.8 Å². The number of likely N-dealkylation sites (tertiary alicyclic amines) is 1. The Morgan fingerprint density at radius 3 is 2.44 bits per heavy atom. The highest BCUT2D eigenvalue weighted by molar-refractivity contribution is 5.91. The monoisotopic (exact) mass is 457 g/mol. The van der Waals surface area contributed by atoms with Crippen molar-refractivity contribution in [3.63, 3.8) is 0 Å². The second-order valence-electron chi connectivity index (χ2n) is 9.07. The van der Waals surface area contributed by atoms with Gasteiger partial charge in [-0.15, -0.1) is 0 Å². The van der Waals surface area contributed by atoms with E-state index in [0.717, 1.165) is 62.4 Å². The molecule has 1 fully saturated rings. The van der Waals surface area contributed by atoms with Gasteiger partial charge in [0.05, 0.1) is 5.69 Å². The molecular weight excluding hydrogens is 422 g/mol. The van der Waals surface area contributed by atoms with Gasteiger partial charge in [-0.2, -0.15) is 0 Å². The fraction of sp³-hybridized carbons (Fsp3) is 0.345. The highest BCUT2D eigenvalue weighted by Crippen LogP contribution is 2.28. The Morgan fingerprint density at radius 2 is 1.68 bits per heavy atom.